The summed E-state index contributed by atoms with van der Waals surface area (Å²) in [5, 5.41) is 13.6. The number of aromatic amines is 1. The Kier molecular flexibility index (Phi) is 4.35. The molecule has 0 atom stereocenters. The monoisotopic (exact) mass is 429 g/mol. The van der Waals surface area contributed by atoms with Crippen LogP contribution in [0.1, 0.15) is 60.1 Å². The number of benzene rings is 1. The Balaban J connectivity index is 1.19. The van der Waals surface area contributed by atoms with Crippen molar-refractivity contribution < 1.29 is 4.79 Å². The zero-order valence-electron chi connectivity index (χ0n) is 18.2. The highest BCUT2D eigenvalue weighted by molar-refractivity contribution is 6.05. The van der Waals surface area contributed by atoms with Gasteiger partial charge in [-0.1, -0.05) is 12.1 Å². The summed E-state index contributed by atoms with van der Waals surface area (Å²) in [6, 6.07) is 11.5. The lowest BCUT2D eigenvalue weighted by Crippen LogP contribution is -2.48. The summed E-state index contributed by atoms with van der Waals surface area (Å²) < 4.78 is 1.54. The number of H-pyrrole nitrogens is 1. The van der Waals surface area contributed by atoms with Crippen molar-refractivity contribution in [2.75, 3.05) is 5.32 Å². The van der Waals surface area contributed by atoms with Crippen molar-refractivity contribution in [1.82, 2.24) is 20.0 Å². The maximum absolute atomic E-state index is 12.9. The van der Waals surface area contributed by atoms with Crippen molar-refractivity contribution in [3.63, 3.8) is 0 Å². The lowest BCUT2D eigenvalue weighted by Gasteiger charge is -2.57. The van der Waals surface area contributed by atoms with E-state index in [1.54, 1.807) is 10.7 Å². The first-order chi connectivity index (χ1) is 15.5. The first kappa shape index (κ1) is 19.5. The van der Waals surface area contributed by atoms with E-state index in [0.29, 0.717) is 22.5 Å². The topological polar surface area (TPSA) is 92.7 Å². The molecule has 0 spiro atoms. The van der Waals surface area contributed by atoms with Gasteiger partial charge < -0.3 is 5.32 Å². The van der Waals surface area contributed by atoms with E-state index >= 15 is 0 Å². The molecule has 4 aliphatic rings. The Labute approximate surface area is 186 Å². The Morgan fingerprint density at radius 2 is 1.69 bits per heavy atom. The van der Waals surface area contributed by atoms with Crippen LogP contribution < -0.4 is 10.9 Å². The quantitative estimate of drug-likeness (QED) is 0.656. The highest BCUT2D eigenvalue weighted by Gasteiger charge is 2.51. The van der Waals surface area contributed by atoms with E-state index in [4.69, 9.17) is 0 Å². The van der Waals surface area contributed by atoms with Crippen LogP contribution in [0.2, 0.25) is 0 Å². The molecule has 2 N–H and O–H groups in total. The lowest BCUT2D eigenvalue weighted by molar-refractivity contribution is -0.00518. The Bertz CT molecular complexity index is 1180. The Morgan fingerprint density at radius 3 is 2.28 bits per heavy atom. The molecule has 0 radical (unpaired) electrons. The number of aromatic nitrogens is 4. The normalized spacial score (nSPS) is 28.1. The van der Waals surface area contributed by atoms with E-state index in [9.17, 15) is 9.59 Å². The third kappa shape index (κ3) is 3.18. The fourth-order valence-corrected chi connectivity index (χ4v) is 6.89. The molecule has 0 unspecified atom stereocenters. The third-order valence-electron chi connectivity index (χ3n) is 7.93. The zero-order chi connectivity index (χ0) is 21.9. The van der Waals surface area contributed by atoms with E-state index in [-0.39, 0.29) is 11.5 Å². The molecule has 7 rings (SSSR count). The smallest absolute Gasteiger partial charge is 0.264 e. The second-order valence-electron chi connectivity index (χ2n) is 10.1. The first-order valence-corrected chi connectivity index (χ1v) is 11.5. The maximum Gasteiger partial charge on any atom is 0.264 e. The van der Waals surface area contributed by atoms with E-state index in [2.05, 4.69) is 32.7 Å². The number of rotatable bonds is 4. The number of carbonyl (C=O) groups is 1. The molecule has 3 aromatic rings. The second-order valence-corrected chi connectivity index (χ2v) is 10.1. The van der Waals surface area contributed by atoms with Crippen molar-refractivity contribution in [3.05, 3.63) is 69.8 Å². The van der Waals surface area contributed by atoms with Gasteiger partial charge in [-0.15, -0.1) is 0 Å². The molecule has 4 fully saturated rings. The SMILES string of the molecule is Cc1c(C(=O)Nc2ccc(C34CC5CC(CC(C5)C3)C4)cc2)cnn1-c1ccc(=O)[nH]n1. The molecule has 164 valence electrons. The standard InChI is InChI=1S/C25H27N5O2/c1-15-21(14-26-30(15)22-6-7-23(31)29-28-22)24(32)27-20-4-2-19(3-5-20)25-11-16-8-17(12-25)10-18(9-16)13-25/h2-7,14,16-18H,8-13H2,1H3,(H,27,32)(H,29,31). The van der Waals surface area contributed by atoms with Gasteiger partial charge in [-0.25, -0.2) is 9.78 Å². The molecule has 7 heteroatoms. The number of hydrogen-bond acceptors (Lipinski definition) is 4. The fourth-order valence-electron chi connectivity index (χ4n) is 6.89. The Morgan fingerprint density at radius 1 is 1.03 bits per heavy atom. The highest BCUT2D eigenvalue weighted by Crippen LogP contribution is 2.60. The minimum Gasteiger partial charge on any atom is -0.322 e. The number of anilines is 1. The molecule has 0 saturated heterocycles. The predicted octanol–water partition coefficient (Wildman–Crippen LogP) is 3.98. The average Bonchev–Trinajstić information content (AvgIpc) is 3.15. The molecular formula is C25H27N5O2. The van der Waals surface area contributed by atoms with Crippen LogP contribution in [-0.4, -0.2) is 25.9 Å². The van der Waals surface area contributed by atoms with Gasteiger partial charge in [-0.05, 0) is 92.4 Å². The second kappa shape index (κ2) is 7.15. The van der Waals surface area contributed by atoms with E-state index in [0.717, 1.165) is 23.4 Å². The first-order valence-electron chi connectivity index (χ1n) is 11.5. The predicted molar refractivity (Wildman–Crippen MR) is 121 cm³/mol. The molecular weight excluding hydrogens is 402 g/mol. The van der Waals surface area contributed by atoms with Crippen LogP contribution in [0.15, 0.2) is 47.4 Å². The van der Waals surface area contributed by atoms with Crippen molar-refractivity contribution in [1.29, 1.82) is 0 Å². The van der Waals surface area contributed by atoms with Gasteiger partial charge in [-0.3, -0.25) is 9.59 Å². The molecule has 4 bridgehead atoms. The molecule has 32 heavy (non-hydrogen) atoms. The van der Waals surface area contributed by atoms with E-state index in [1.165, 1.54) is 56.4 Å². The van der Waals surface area contributed by atoms with E-state index < -0.39 is 0 Å². The number of amides is 1. The van der Waals surface area contributed by atoms with Gasteiger partial charge in [0.1, 0.15) is 0 Å². The molecule has 4 aliphatic carbocycles. The van der Waals surface area contributed by atoms with Gasteiger partial charge in [0.2, 0.25) is 0 Å². The molecule has 7 nitrogen and oxygen atoms in total. The zero-order valence-corrected chi connectivity index (χ0v) is 18.2. The lowest BCUT2D eigenvalue weighted by atomic mass is 9.48. The summed E-state index contributed by atoms with van der Waals surface area (Å²) in [5.74, 6) is 2.99. The van der Waals surface area contributed by atoms with Gasteiger partial charge in [-0.2, -0.15) is 10.2 Å². The summed E-state index contributed by atoms with van der Waals surface area (Å²) in [5.41, 5.74) is 3.45. The minimum absolute atomic E-state index is 0.208. The number of nitrogens with zero attached hydrogens (tertiary/aromatic N) is 3. The third-order valence-corrected chi connectivity index (χ3v) is 7.93. The van der Waals surface area contributed by atoms with E-state index in [1.807, 2.05) is 19.1 Å². The molecule has 2 aromatic heterocycles. The van der Waals surface area contributed by atoms with Crippen LogP contribution >= 0.6 is 0 Å². The molecule has 1 amide bonds. The van der Waals surface area contributed by atoms with Crippen LogP contribution in [-0.2, 0) is 5.41 Å². The Hall–Kier alpha value is -3.22. The van der Waals surface area contributed by atoms with Gasteiger partial charge in [0.25, 0.3) is 11.5 Å². The maximum atomic E-state index is 12.9. The van der Waals surface area contributed by atoms with Gasteiger partial charge >= 0.3 is 0 Å². The van der Waals surface area contributed by atoms with Crippen LogP contribution in [0, 0.1) is 24.7 Å². The average molecular weight is 430 g/mol. The summed E-state index contributed by atoms with van der Waals surface area (Å²) in [7, 11) is 0. The molecule has 4 saturated carbocycles. The van der Waals surface area contributed by atoms with Crippen molar-refractivity contribution in [3.8, 4) is 5.82 Å². The summed E-state index contributed by atoms with van der Waals surface area (Å²) >= 11 is 0. The van der Waals surface area contributed by atoms with Gasteiger partial charge in [0.15, 0.2) is 5.82 Å². The number of carbonyl (C=O) groups excluding carboxylic acids is 1. The summed E-state index contributed by atoms with van der Waals surface area (Å²) in [6.07, 6.45) is 9.85. The van der Waals surface area contributed by atoms with Gasteiger partial charge in [0, 0.05) is 11.8 Å². The number of hydrogen-bond donors (Lipinski definition) is 2. The van der Waals surface area contributed by atoms with Crippen LogP contribution in [0.3, 0.4) is 0 Å². The van der Waals surface area contributed by atoms with Crippen LogP contribution in [0.5, 0.6) is 0 Å². The van der Waals surface area contributed by atoms with Crippen LogP contribution in [0.4, 0.5) is 5.69 Å². The van der Waals surface area contributed by atoms with Crippen molar-refractivity contribution in [2.45, 2.75) is 50.9 Å². The summed E-state index contributed by atoms with van der Waals surface area (Å²) in [4.78, 5) is 24.1. The molecule has 1 aromatic carbocycles. The highest BCUT2D eigenvalue weighted by atomic mass is 16.1. The van der Waals surface area contributed by atoms with Crippen LogP contribution in [0.25, 0.3) is 5.82 Å². The molecule has 2 heterocycles. The number of nitrogens with one attached hydrogen (secondary N) is 2. The fraction of sp³-hybridized carbons (Fsp3) is 0.440. The largest absolute Gasteiger partial charge is 0.322 e. The van der Waals surface area contributed by atoms with Gasteiger partial charge in [0.05, 0.1) is 17.5 Å². The van der Waals surface area contributed by atoms with Crippen molar-refractivity contribution in [2.24, 2.45) is 17.8 Å². The van der Waals surface area contributed by atoms with Crippen molar-refractivity contribution >= 4 is 11.6 Å². The minimum atomic E-state index is -0.284. The summed E-state index contributed by atoms with van der Waals surface area (Å²) in [6.45, 7) is 1.81. The molecule has 0 aliphatic heterocycles.